The molecule has 2 heterocycles. The van der Waals surface area contributed by atoms with Crippen LogP contribution in [0.4, 0.5) is 0 Å². The molecule has 0 bridgehead atoms. The second-order valence-electron chi connectivity index (χ2n) is 4.79. The van der Waals surface area contributed by atoms with Crippen molar-refractivity contribution >= 4 is 10.9 Å². The third-order valence-electron chi connectivity index (χ3n) is 3.29. The van der Waals surface area contributed by atoms with Gasteiger partial charge in [-0.3, -0.25) is 15.0 Å². The highest BCUT2D eigenvalue weighted by Gasteiger charge is 2.12. The van der Waals surface area contributed by atoms with Gasteiger partial charge in [0.2, 0.25) is 0 Å². The van der Waals surface area contributed by atoms with Gasteiger partial charge in [0.05, 0.1) is 23.1 Å². The van der Waals surface area contributed by atoms with Crippen LogP contribution in [0.1, 0.15) is 23.1 Å². The highest BCUT2D eigenvalue weighted by molar-refractivity contribution is 5.81. The Labute approximate surface area is 117 Å². The van der Waals surface area contributed by atoms with E-state index in [9.17, 15) is 5.11 Å². The molecule has 1 unspecified atom stereocenters. The van der Waals surface area contributed by atoms with Crippen LogP contribution in [0.5, 0.6) is 0 Å². The fourth-order valence-corrected chi connectivity index (χ4v) is 2.22. The molecule has 0 saturated carbocycles. The number of hydrogen-bond donors (Lipinski definition) is 1. The average Bonchev–Trinajstić information content (AvgIpc) is 2.48. The van der Waals surface area contributed by atoms with Gasteiger partial charge in [-0.15, -0.1) is 0 Å². The van der Waals surface area contributed by atoms with Gasteiger partial charge in [0, 0.05) is 24.2 Å². The Hall–Kier alpha value is -2.33. The monoisotopic (exact) mass is 265 g/mol. The Balaban J connectivity index is 1.91. The van der Waals surface area contributed by atoms with Crippen LogP contribution < -0.4 is 0 Å². The molecule has 4 heteroatoms. The maximum atomic E-state index is 10.3. The molecular weight excluding hydrogens is 250 g/mol. The zero-order valence-corrected chi connectivity index (χ0v) is 11.2. The first-order valence-corrected chi connectivity index (χ1v) is 6.53. The summed E-state index contributed by atoms with van der Waals surface area (Å²) in [5.41, 5.74) is 3.43. The summed E-state index contributed by atoms with van der Waals surface area (Å²) in [6.07, 6.45) is 4.91. The van der Waals surface area contributed by atoms with Crippen molar-refractivity contribution in [3.63, 3.8) is 0 Å². The first kappa shape index (κ1) is 12.7. The fraction of sp³-hybridized carbons (Fsp3) is 0.188. The van der Waals surface area contributed by atoms with E-state index in [1.807, 2.05) is 37.3 Å². The molecular formula is C16H15N3O. The zero-order valence-electron chi connectivity index (χ0n) is 11.2. The lowest BCUT2D eigenvalue weighted by Crippen LogP contribution is -2.05. The number of rotatable bonds is 3. The Kier molecular flexibility index (Phi) is 3.39. The minimum absolute atomic E-state index is 0.501. The van der Waals surface area contributed by atoms with Crippen LogP contribution in [0, 0.1) is 6.92 Å². The average molecular weight is 265 g/mol. The lowest BCUT2D eigenvalue weighted by molar-refractivity contribution is 0.173. The summed E-state index contributed by atoms with van der Waals surface area (Å²) in [6.45, 7) is 1.87. The summed E-state index contributed by atoms with van der Waals surface area (Å²) in [5.74, 6) is 0. The standard InChI is InChI=1S/C16H15N3O/c1-11-9-19-15(10-18-11)16(20)8-12-6-7-17-14-5-3-2-4-13(12)14/h2-7,9-10,16,20H,8H2,1H3. The van der Waals surface area contributed by atoms with Crippen LogP contribution in [-0.2, 0) is 6.42 Å². The predicted octanol–water partition coefficient (Wildman–Crippen LogP) is 2.61. The van der Waals surface area contributed by atoms with Gasteiger partial charge in [-0.1, -0.05) is 18.2 Å². The summed E-state index contributed by atoms with van der Waals surface area (Å²) >= 11 is 0. The molecule has 0 aliphatic carbocycles. The normalized spacial score (nSPS) is 12.5. The maximum absolute atomic E-state index is 10.3. The lowest BCUT2D eigenvalue weighted by Gasteiger charge is -2.11. The minimum atomic E-state index is -0.658. The van der Waals surface area contributed by atoms with Gasteiger partial charge in [0.1, 0.15) is 6.10 Å². The Morgan fingerprint density at radius 1 is 1.05 bits per heavy atom. The second kappa shape index (κ2) is 5.35. The highest BCUT2D eigenvalue weighted by Crippen LogP contribution is 2.22. The third kappa shape index (κ3) is 2.51. The van der Waals surface area contributed by atoms with E-state index in [4.69, 9.17) is 0 Å². The van der Waals surface area contributed by atoms with Crippen molar-refractivity contribution in [1.29, 1.82) is 0 Å². The van der Waals surface area contributed by atoms with Gasteiger partial charge < -0.3 is 5.11 Å². The molecule has 0 amide bonds. The maximum Gasteiger partial charge on any atom is 0.102 e. The number of pyridine rings is 1. The number of aryl methyl sites for hydroxylation is 1. The first-order chi connectivity index (χ1) is 9.74. The minimum Gasteiger partial charge on any atom is -0.386 e. The lowest BCUT2D eigenvalue weighted by atomic mass is 10.0. The molecule has 4 nitrogen and oxygen atoms in total. The quantitative estimate of drug-likeness (QED) is 0.790. The smallest absolute Gasteiger partial charge is 0.102 e. The number of para-hydroxylation sites is 1. The third-order valence-corrected chi connectivity index (χ3v) is 3.29. The largest absolute Gasteiger partial charge is 0.386 e. The summed E-state index contributed by atoms with van der Waals surface area (Å²) in [7, 11) is 0. The predicted molar refractivity (Wildman–Crippen MR) is 77.2 cm³/mol. The van der Waals surface area contributed by atoms with Crippen LogP contribution in [0.2, 0.25) is 0 Å². The first-order valence-electron chi connectivity index (χ1n) is 6.53. The van der Waals surface area contributed by atoms with Crippen LogP contribution in [0.25, 0.3) is 10.9 Å². The van der Waals surface area contributed by atoms with Gasteiger partial charge in [0.15, 0.2) is 0 Å². The number of aliphatic hydroxyl groups is 1. The summed E-state index contributed by atoms with van der Waals surface area (Å²) in [5, 5.41) is 11.4. The molecule has 0 fully saturated rings. The summed E-state index contributed by atoms with van der Waals surface area (Å²) < 4.78 is 0. The summed E-state index contributed by atoms with van der Waals surface area (Å²) in [6, 6.07) is 9.86. The van der Waals surface area contributed by atoms with Crippen LogP contribution in [0.3, 0.4) is 0 Å². The molecule has 100 valence electrons. The van der Waals surface area contributed by atoms with Crippen LogP contribution in [0.15, 0.2) is 48.9 Å². The van der Waals surface area contributed by atoms with Gasteiger partial charge in [0.25, 0.3) is 0 Å². The zero-order chi connectivity index (χ0) is 13.9. The molecule has 0 saturated heterocycles. The fourth-order valence-electron chi connectivity index (χ4n) is 2.22. The second-order valence-corrected chi connectivity index (χ2v) is 4.79. The number of hydrogen-bond acceptors (Lipinski definition) is 4. The molecule has 20 heavy (non-hydrogen) atoms. The molecule has 1 atom stereocenters. The number of aliphatic hydroxyl groups excluding tert-OH is 1. The van der Waals surface area contributed by atoms with Crippen molar-refractivity contribution in [1.82, 2.24) is 15.0 Å². The highest BCUT2D eigenvalue weighted by atomic mass is 16.3. The molecule has 0 aliphatic rings. The topological polar surface area (TPSA) is 58.9 Å². The van der Waals surface area contributed by atoms with E-state index in [2.05, 4.69) is 15.0 Å². The van der Waals surface area contributed by atoms with E-state index < -0.39 is 6.10 Å². The Morgan fingerprint density at radius 3 is 2.70 bits per heavy atom. The number of aromatic nitrogens is 3. The van der Waals surface area contributed by atoms with Gasteiger partial charge in [-0.05, 0) is 24.6 Å². The van der Waals surface area contributed by atoms with Crippen molar-refractivity contribution in [3.05, 3.63) is 65.9 Å². The van der Waals surface area contributed by atoms with E-state index in [0.717, 1.165) is 22.2 Å². The van der Waals surface area contributed by atoms with E-state index in [-0.39, 0.29) is 0 Å². The van der Waals surface area contributed by atoms with Crippen molar-refractivity contribution in [2.24, 2.45) is 0 Å². The molecule has 1 aromatic carbocycles. The number of fused-ring (bicyclic) bond motifs is 1. The SMILES string of the molecule is Cc1cnc(C(O)Cc2ccnc3ccccc23)cn1. The van der Waals surface area contributed by atoms with E-state index in [0.29, 0.717) is 12.1 Å². The Morgan fingerprint density at radius 2 is 1.90 bits per heavy atom. The van der Waals surface area contributed by atoms with Gasteiger partial charge in [-0.25, -0.2) is 0 Å². The van der Waals surface area contributed by atoms with Crippen molar-refractivity contribution in [3.8, 4) is 0 Å². The summed E-state index contributed by atoms with van der Waals surface area (Å²) in [4.78, 5) is 12.7. The molecule has 2 aromatic heterocycles. The van der Waals surface area contributed by atoms with Crippen molar-refractivity contribution in [2.75, 3.05) is 0 Å². The molecule has 0 aliphatic heterocycles. The number of benzene rings is 1. The van der Waals surface area contributed by atoms with Crippen molar-refractivity contribution < 1.29 is 5.11 Å². The molecule has 0 radical (unpaired) electrons. The van der Waals surface area contributed by atoms with E-state index in [1.54, 1.807) is 18.6 Å². The van der Waals surface area contributed by atoms with E-state index in [1.165, 1.54) is 0 Å². The molecule has 0 spiro atoms. The molecule has 1 N–H and O–H groups in total. The molecule has 3 aromatic rings. The van der Waals surface area contributed by atoms with Crippen molar-refractivity contribution in [2.45, 2.75) is 19.4 Å². The van der Waals surface area contributed by atoms with Gasteiger partial charge in [-0.2, -0.15) is 0 Å². The van der Waals surface area contributed by atoms with Gasteiger partial charge >= 0.3 is 0 Å². The number of nitrogens with zero attached hydrogens (tertiary/aromatic N) is 3. The van der Waals surface area contributed by atoms with Crippen LogP contribution in [-0.4, -0.2) is 20.1 Å². The van der Waals surface area contributed by atoms with E-state index >= 15 is 0 Å². The molecule has 3 rings (SSSR count). The Bertz CT molecular complexity index is 720. The van der Waals surface area contributed by atoms with Crippen LogP contribution >= 0.6 is 0 Å².